The minimum atomic E-state index is -0.510. The lowest BCUT2D eigenvalue weighted by Gasteiger charge is -2.25. The van der Waals surface area contributed by atoms with Crippen molar-refractivity contribution in [1.82, 2.24) is 0 Å². The van der Waals surface area contributed by atoms with Crippen LogP contribution in [0.2, 0.25) is 0 Å². The quantitative estimate of drug-likeness (QED) is 0.868. The lowest BCUT2D eigenvalue weighted by molar-refractivity contribution is -0.119. The summed E-state index contributed by atoms with van der Waals surface area (Å²) in [7, 11) is 0. The molecule has 0 heterocycles. The Hall–Kier alpha value is -1.06. The first kappa shape index (κ1) is 16.9. The zero-order chi connectivity index (χ0) is 13.2. The normalized spacial score (nSPS) is 12.6. The maximum atomic E-state index is 11.9. The van der Waals surface area contributed by atoms with E-state index in [2.05, 4.69) is 5.32 Å². The van der Waals surface area contributed by atoms with Crippen molar-refractivity contribution >= 4 is 24.0 Å². The summed E-state index contributed by atoms with van der Waals surface area (Å²) in [6.07, 6.45) is 0. The number of carbonyl (C=O) groups excluding carboxylic acids is 1. The minimum Gasteiger partial charge on any atom is -0.325 e. The van der Waals surface area contributed by atoms with Gasteiger partial charge in [-0.2, -0.15) is 0 Å². The molecular formula is C14H23ClN2O. The van der Waals surface area contributed by atoms with Gasteiger partial charge < -0.3 is 11.1 Å². The molecule has 18 heavy (non-hydrogen) atoms. The zero-order valence-corrected chi connectivity index (χ0v) is 12.5. The number of hydrogen-bond acceptors (Lipinski definition) is 2. The predicted molar refractivity (Wildman–Crippen MR) is 79.2 cm³/mol. The van der Waals surface area contributed by atoms with E-state index in [1.807, 2.05) is 52.8 Å². The molecule has 0 saturated heterocycles. The van der Waals surface area contributed by atoms with Gasteiger partial charge in [-0.05, 0) is 42.5 Å². The van der Waals surface area contributed by atoms with E-state index in [1.54, 1.807) is 0 Å². The topological polar surface area (TPSA) is 55.1 Å². The first-order chi connectivity index (χ1) is 7.71. The molecule has 0 aliphatic carbocycles. The fourth-order valence-corrected chi connectivity index (χ4v) is 1.43. The number of nitrogens with two attached hydrogens (primary N) is 1. The second kappa shape index (κ2) is 6.21. The highest BCUT2D eigenvalue weighted by molar-refractivity contribution is 5.95. The summed E-state index contributed by atoms with van der Waals surface area (Å²) in [5.74, 6) is -0.138. The Bertz CT molecular complexity index is 424. The van der Waals surface area contributed by atoms with Gasteiger partial charge in [-0.25, -0.2) is 0 Å². The molecule has 3 N–H and O–H groups in total. The van der Waals surface area contributed by atoms with Crippen LogP contribution in [0, 0.1) is 19.3 Å². The Kier molecular flexibility index (Phi) is 5.84. The van der Waals surface area contributed by atoms with E-state index >= 15 is 0 Å². The van der Waals surface area contributed by atoms with Crippen LogP contribution in [-0.2, 0) is 4.79 Å². The molecule has 1 amide bonds. The van der Waals surface area contributed by atoms with E-state index < -0.39 is 6.04 Å². The Labute approximate surface area is 116 Å². The Balaban J connectivity index is 0.00000289. The number of amides is 1. The SMILES string of the molecule is Cc1ccc(NC(=O)[C@@H](N)C(C)(C)C)cc1C.Cl. The maximum Gasteiger partial charge on any atom is 0.241 e. The van der Waals surface area contributed by atoms with Gasteiger partial charge in [-0.15, -0.1) is 12.4 Å². The van der Waals surface area contributed by atoms with Gasteiger partial charge in [0.1, 0.15) is 0 Å². The molecular weight excluding hydrogens is 248 g/mol. The van der Waals surface area contributed by atoms with Gasteiger partial charge in [0.2, 0.25) is 5.91 Å². The van der Waals surface area contributed by atoms with Crippen molar-refractivity contribution in [3.8, 4) is 0 Å². The van der Waals surface area contributed by atoms with E-state index in [-0.39, 0.29) is 23.7 Å². The molecule has 1 atom stereocenters. The zero-order valence-electron chi connectivity index (χ0n) is 11.7. The summed E-state index contributed by atoms with van der Waals surface area (Å²) in [6, 6.07) is 5.34. The molecule has 0 bridgehead atoms. The number of halogens is 1. The van der Waals surface area contributed by atoms with Crippen molar-refractivity contribution in [3.63, 3.8) is 0 Å². The van der Waals surface area contributed by atoms with Crippen molar-refractivity contribution in [2.24, 2.45) is 11.1 Å². The number of rotatable bonds is 2. The molecule has 0 aliphatic heterocycles. The second-order valence-corrected chi connectivity index (χ2v) is 5.63. The molecule has 0 radical (unpaired) electrons. The van der Waals surface area contributed by atoms with Crippen molar-refractivity contribution in [1.29, 1.82) is 0 Å². The van der Waals surface area contributed by atoms with E-state index in [0.717, 1.165) is 11.3 Å². The Morgan fingerprint density at radius 1 is 1.22 bits per heavy atom. The highest BCUT2D eigenvalue weighted by Crippen LogP contribution is 2.20. The highest BCUT2D eigenvalue weighted by atomic mass is 35.5. The van der Waals surface area contributed by atoms with E-state index in [1.165, 1.54) is 5.56 Å². The van der Waals surface area contributed by atoms with Crippen LogP contribution in [0.15, 0.2) is 18.2 Å². The molecule has 0 aromatic heterocycles. The monoisotopic (exact) mass is 270 g/mol. The second-order valence-electron chi connectivity index (χ2n) is 5.63. The standard InChI is InChI=1S/C14H22N2O.ClH/c1-9-6-7-11(8-10(9)2)16-13(17)12(15)14(3,4)5;/h6-8,12H,15H2,1-5H3,(H,16,17);1H/t12-;/m1./s1. The summed E-state index contributed by atoms with van der Waals surface area (Å²) < 4.78 is 0. The van der Waals surface area contributed by atoms with Gasteiger partial charge in [-0.3, -0.25) is 4.79 Å². The molecule has 0 aliphatic rings. The number of aryl methyl sites for hydroxylation is 2. The van der Waals surface area contributed by atoms with Gasteiger partial charge in [0, 0.05) is 5.69 Å². The van der Waals surface area contributed by atoms with E-state index in [4.69, 9.17) is 5.73 Å². The average molecular weight is 271 g/mol. The van der Waals surface area contributed by atoms with Gasteiger partial charge in [0.25, 0.3) is 0 Å². The van der Waals surface area contributed by atoms with Crippen LogP contribution in [-0.4, -0.2) is 11.9 Å². The van der Waals surface area contributed by atoms with Crippen LogP contribution < -0.4 is 11.1 Å². The molecule has 0 saturated carbocycles. The third kappa shape index (κ3) is 4.31. The third-order valence-corrected chi connectivity index (χ3v) is 2.99. The predicted octanol–water partition coefficient (Wildman–Crippen LogP) is 3.04. The molecule has 3 nitrogen and oxygen atoms in total. The summed E-state index contributed by atoms with van der Waals surface area (Å²) >= 11 is 0. The maximum absolute atomic E-state index is 11.9. The molecule has 0 spiro atoms. The number of hydrogen-bond donors (Lipinski definition) is 2. The highest BCUT2D eigenvalue weighted by Gasteiger charge is 2.27. The number of carbonyl (C=O) groups is 1. The smallest absolute Gasteiger partial charge is 0.241 e. The van der Waals surface area contributed by atoms with Crippen molar-refractivity contribution in [3.05, 3.63) is 29.3 Å². The van der Waals surface area contributed by atoms with Gasteiger partial charge in [0.15, 0.2) is 0 Å². The summed E-state index contributed by atoms with van der Waals surface area (Å²) in [6.45, 7) is 9.93. The fourth-order valence-electron chi connectivity index (χ4n) is 1.43. The van der Waals surface area contributed by atoms with Gasteiger partial charge in [-0.1, -0.05) is 26.8 Å². The van der Waals surface area contributed by atoms with Crippen molar-refractivity contribution < 1.29 is 4.79 Å². The van der Waals surface area contributed by atoms with E-state index in [9.17, 15) is 4.79 Å². The lowest BCUT2D eigenvalue weighted by atomic mass is 9.87. The summed E-state index contributed by atoms with van der Waals surface area (Å²) in [5, 5.41) is 2.85. The molecule has 4 heteroatoms. The van der Waals surface area contributed by atoms with Crippen LogP contribution in [0.25, 0.3) is 0 Å². The molecule has 1 aromatic carbocycles. The Morgan fingerprint density at radius 3 is 2.22 bits per heavy atom. The molecule has 0 fully saturated rings. The largest absolute Gasteiger partial charge is 0.325 e. The molecule has 0 unspecified atom stereocenters. The van der Waals surface area contributed by atoms with Crippen LogP contribution in [0.4, 0.5) is 5.69 Å². The van der Waals surface area contributed by atoms with Gasteiger partial charge >= 0.3 is 0 Å². The molecule has 1 rings (SSSR count). The van der Waals surface area contributed by atoms with Crippen molar-refractivity contribution in [2.75, 3.05) is 5.32 Å². The third-order valence-electron chi connectivity index (χ3n) is 2.99. The first-order valence-corrected chi connectivity index (χ1v) is 5.85. The number of anilines is 1. The van der Waals surface area contributed by atoms with E-state index in [0.29, 0.717) is 0 Å². The summed E-state index contributed by atoms with van der Waals surface area (Å²) in [4.78, 5) is 11.9. The van der Waals surface area contributed by atoms with Crippen LogP contribution in [0.3, 0.4) is 0 Å². The fraction of sp³-hybridized carbons (Fsp3) is 0.500. The van der Waals surface area contributed by atoms with Crippen LogP contribution in [0.1, 0.15) is 31.9 Å². The van der Waals surface area contributed by atoms with Gasteiger partial charge in [0.05, 0.1) is 6.04 Å². The molecule has 1 aromatic rings. The van der Waals surface area contributed by atoms with Crippen molar-refractivity contribution in [2.45, 2.75) is 40.7 Å². The van der Waals surface area contributed by atoms with Crippen LogP contribution >= 0.6 is 12.4 Å². The number of benzene rings is 1. The lowest BCUT2D eigenvalue weighted by Crippen LogP contribution is -2.45. The molecule has 102 valence electrons. The average Bonchev–Trinajstić information content (AvgIpc) is 2.21. The minimum absolute atomic E-state index is 0. The summed E-state index contributed by atoms with van der Waals surface area (Å²) in [5.41, 5.74) is 8.84. The first-order valence-electron chi connectivity index (χ1n) is 5.85. The number of nitrogens with one attached hydrogen (secondary N) is 1. The van der Waals surface area contributed by atoms with Crippen LogP contribution in [0.5, 0.6) is 0 Å². The Morgan fingerprint density at radius 2 is 1.78 bits per heavy atom.